The van der Waals surface area contributed by atoms with E-state index in [0.717, 1.165) is 24.8 Å². The molecular formula is C20H29BFNO4. The molecule has 0 heterocycles. The zero-order valence-electron chi connectivity index (χ0n) is 15.9. The van der Waals surface area contributed by atoms with E-state index in [9.17, 15) is 14.3 Å². The maximum atomic E-state index is 14.9. The molecule has 0 amide bonds. The minimum atomic E-state index is -1.39. The Balaban J connectivity index is 1.96. The first kappa shape index (κ1) is 20.3. The van der Waals surface area contributed by atoms with Gasteiger partial charge < -0.3 is 20.9 Å². The fourth-order valence-electron chi connectivity index (χ4n) is 5.02. The highest BCUT2D eigenvalue weighted by Crippen LogP contribution is 2.48. The maximum absolute atomic E-state index is 14.9. The van der Waals surface area contributed by atoms with Crippen LogP contribution in [0.3, 0.4) is 0 Å². The fourth-order valence-corrected chi connectivity index (χ4v) is 5.02. The zero-order chi connectivity index (χ0) is 19.8. The number of rotatable bonds is 6. The second-order valence-electron chi connectivity index (χ2n) is 8.53. The van der Waals surface area contributed by atoms with Gasteiger partial charge in [-0.3, -0.25) is 4.79 Å². The predicted molar refractivity (Wildman–Crippen MR) is 102 cm³/mol. The molecule has 0 aliphatic heterocycles. The number of carbonyl (C=O) groups is 1. The van der Waals surface area contributed by atoms with Crippen molar-refractivity contribution >= 4 is 13.1 Å². The molecule has 2 atom stereocenters. The summed E-state index contributed by atoms with van der Waals surface area (Å²) in [7, 11) is -1.39. The lowest BCUT2D eigenvalue weighted by Crippen LogP contribution is -2.41. The number of benzene rings is 1. The summed E-state index contributed by atoms with van der Waals surface area (Å²) in [5, 5.41) is 28.1. The SMILES string of the molecule is C[C@@]1(C(=O)O)c2cc(C3(N)CCCCC3)c(F)cc2C[C@@H]1CCCB(O)O. The Bertz CT molecular complexity index is 720. The van der Waals surface area contributed by atoms with E-state index in [1.165, 1.54) is 6.07 Å². The molecule has 3 rings (SSSR count). The standard InChI is InChI=1S/C20H29BFNO4/c1-19(18(24)25)14(6-5-9-21(26)27)10-13-11-17(22)16(12-15(13)19)20(23)7-3-2-4-8-20/h11-12,14,26-27H,2-10,23H2,1H3,(H,24,25)/t14-,19-/m0/s1. The summed E-state index contributed by atoms with van der Waals surface area (Å²) in [6.07, 6.45) is 6.16. The van der Waals surface area contributed by atoms with Crippen LogP contribution in [-0.2, 0) is 22.2 Å². The molecule has 0 radical (unpaired) electrons. The summed E-state index contributed by atoms with van der Waals surface area (Å²) in [6.45, 7) is 1.70. The van der Waals surface area contributed by atoms with Crippen LogP contribution in [0.15, 0.2) is 12.1 Å². The number of hydrogen-bond acceptors (Lipinski definition) is 4. The molecule has 5 nitrogen and oxygen atoms in total. The van der Waals surface area contributed by atoms with Crippen LogP contribution in [0.25, 0.3) is 0 Å². The molecular weight excluding hydrogens is 348 g/mol. The molecule has 1 aromatic carbocycles. The lowest BCUT2D eigenvalue weighted by Gasteiger charge is -2.35. The fraction of sp³-hybridized carbons (Fsp3) is 0.650. The number of nitrogens with two attached hydrogens (primary N) is 1. The average molecular weight is 377 g/mol. The van der Waals surface area contributed by atoms with Gasteiger partial charge in [-0.2, -0.15) is 0 Å². The van der Waals surface area contributed by atoms with Crippen molar-refractivity contribution in [3.63, 3.8) is 0 Å². The first-order chi connectivity index (χ1) is 12.7. The Morgan fingerprint density at radius 2 is 1.93 bits per heavy atom. The predicted octanol–water partition coefficient (Wildman–Crippen LogP) is 2.71. The first-order valence-corrected chi connectivity index (χ1v) is 9.90. The lowest BCUT2D eigenvalue weighted by atomic mass is 9.71. The summed E-state index contributed by atoms with van der Waals surface area (Å²) in [5.74, 6) is -1.47. The van der Waals surface area contributed by atoms with Gasteiger partial charge >= 0.3 is 13.1 Å². The van der Waals surface area contributed by atoms with Gasteiger partial charge in [-0.25, -0.2) is 4.39 Å². The van der Waals surface area contributed by atoms with E-state index in [1.807, 2.05) is 0 Å². The number of hydrogen-bond donors (Lipinski definition) is 4. The summed E-state index contributed by atoms with van der Waals surface area (Å²) >= 11 is 0. The highest BCUT2D eigenvalue weighted by Gasteiger charge is 2.49. The Hall–Kier alpha value is -1.44. The third-order valence-corrected chi connectivity index (χ3v) is 6.78. The minimum absolute atomic E-state index is 0.202. The molecule has 0 spiro atoms. The topological polar surface area (TPSA) is 104 Å². The van der Waals surface area contributed by atoms with Crippen LogP contribution in [0, 0.1) is 11.7 Å². The second-order valence-corrected chi connectivity index (χ2v) is 8.53. The number of aliphatic carboxylic acids is 1. The molecule has 1 fully saturated rings. The van der Waals surface area contributed by atoms with Crippen molar-refractivity contribution in [1.82, 2.24) is 0 Å². The van der Waals surface area contributed by atoms with Crippen LogP contribution in [0.5, 0.6) is 0 Å². The summed E-state index contributed by atoms with van der Waals surface area (Å²) in [6, 6.07) is 3.20. The number of fused-ring (bicyclic) bond motifs is 1. The molecule has 0 bridgehead atoms. The van der Waals surface area contributed by atoms with E-state index in [2.05, 4.69) is 0 Å². The van der Waals surface area contributed by atoms with Crippen molar-refractivity contribution < 1.29 is 24.3 Å². The largest absolute Gasteiger partial charge is 0.481 e. The lowest BCUT2D eigenvalue weighted by molar-refractivity contribution is -0.145. The van der Waals surface area contributed by atoms with Gasteiger partial charge in [-0.1, -0.05) is 25.7 Å². The van der Waals surface area contributed by atoms with Crippen LogP contribution < -0.4 is 5.73 Å². The van der Waals surface area contributed by atoms with Gasteiger partial charge in [0.1, 0.15) is 5.82 Å². The third-order valence-electron chi connectivity index (χ3n) is 6.78. The van der Waals surface area contributed by atoms with E-state index in [1.54, 1.807) is 13.0 Å². The quantitative estimate of drug-likeness (QED) is 0.571. The van der Waals surface area contributed by atoms with Gasteiger partial charge in [-0.05, 0) is 68.1 Å². The van der Waals surface area contributed by atoms with Crippen molar-refractivity contribution in [2.45, 2.75) is 75.6 Å². The number of halogens is 1. The van der Waals surface area contributed by atoms with Gasteiger partial charge in [0.15, 0.2) is 0 Å². The Morgan fingerprint density at radius 1 is 1.26 bits per heavy atom. The molecule has 27 heavy (non-hydrogen) atoms. The molecule has 5 N–H and O–H groups in total. The van der Waals surface area contributed by atoms with Crippen molar-refractivity contribution in [3.8, 4) is 0 Å². The summed E-state index contributed by atoms with van der Waals surface area (Å²) in [4.78, 5) is 12.2. The molecule has 1 aromatic rings. The second kappa shape index (κ2) is 7.53. The molecule has 0 saturated heterocycles. The van der Waals surface area contributed by atoms with Gasteiger partial charge in [-0.15, -0.1) is 0 Å². The molecule has 0 unspecified atom stereocenters. The maximum Gasteiger partial charge on any atom is 0.451 e. The van der Waals surface area contributed by atoms with E-state index in [-0.39, 0.29) is 18.1 Å². The average Bonchev–Trinajstić information content (AvgIpc) is 2.87. The van der Waals surface area contributed by atoms with Gasteiger partial charge in [0.25, 0.3) is 0 Å². The zero-order valence-corrected chi connectivity index (χ0v) is 15.9. The van der Waals surface area contributed by atoms with Gasteiger partial charge in [0.2, 0.25) is 0 Å². The number of carboxylic acid groups (broad SMARTS) is 1. The normalized spacial score (nSPS) is 26.6. The molecule has 2 aliphatic rings. The van der Waals surface area contributed by atoms with Crippen LogP contribution >= 0.6 is 0 Å². The van der Waals surface area contributed by atoms with Crippen LogP contribution in [0.4, 0.5) is 4.39 Å². The van der Waals surface area contributed by atoms with Crippen molar-refractivity contribution in [1.29, 1.82) is 0 Å². The smallest absolute Gasteiger partial charge is 0.451 e. The van der Waals surface area contributed by atoms with Crippen LogP contribution in [0.2, 0.25) is 6.32 Å². The highest BCUT2D eigenvalue weighted by atomic mass is 19.1. The van der Waals surface area contributed by atoms with Crippen molar-refractivity contribution in [2.24, 2.45) is 11.7 Å². The van der Waals surface area contributed by atoms with E-state index >= 15 is 0 Å². The van der Waals surface area contributed by atoms with Crippen LogP contribution in [0.1, 0.15) is 68.6 Å². The van der Waals surface area contributed by atoms with Crippen LogP contribution in [-0.4, -0.2) is 28.2 Å². The van der Waals surface area contributed by atoms with E-state index in [0.29, 0.717) is 43.2 Å². The highest BCUT2D eigenvalue weighted by molar-refractivity contribution is 6.40. The van der Waals surface area contributed by atoms with E-state index < -0.39 is 24.0 Å². The third kappa shape index (κ3) is 3.65. The monoisotopic (exact) mass is 377 g/mol. The van der Waals surface area contributed by atoms with Crippen molar-refractivity contribution in [2.75, 3.05) is 0 Å². The summed E-state index contributed by atoms with van der Waals surface area (Å²) in [5.41, 5.74) is 6.54. The Morgan fingerprint density at radius 3 is 2.52 bits per heavy atom. The number of carboxylic acids is 1. The van der Waals surface area contributed by atoms with Gasteiger partial charge in [0, 0.05) is 11.1 Å². The molecule has 7 heteroatoms. The molecule has 2 aliphatic carbocycles. The molecule has 0 aromatic heterocycles. The van der Waals surface area contributed by atoms with Crippen molar-refractivity contribution in [3.05, 3.63) is 34.6 Å². The Labute approximate surface area is 159 Å². The van der Waals surface area contributed by atoms with E-state index in [4.69, 9.17) is 15.8 Å². The minimum Gasteiger partial charge on any atom is -0.481 e. The summed E-state index contributed by atoms with van der Waals surface area (Å²) < 4.78 is 14.9. The van der Waals surface area contributed by atoms with Gasteiger partial charge in [0.05, 0.1) is 5.41 Å². The Kier molecular flexibility index (Phi) is 5.66. The molecule has 148 valence electrons. The first-order valence-electron chi connectivity index (χ1n) is 9.90. The molecule has 1 saturated carbocycles.